The molecule has 4 aliphatic heterocycles. The molecule has 35 heavy (non-hydrogen) atoms. The minimum absolute atomic E-state index is 0.0223. The summed E-state index contributed by atoms with van der Waals surface area (Å²) in [5, 5.41) is 9.13. The molecule has 5 atom stereocenters. The normalized spacial score (nSPS) is 33.1. The highest BCUT2D eigenvalue weighted by Crippen LogP contribution is 2.61. The molecular weight excluding hydrogens is 464 g/mol. The minimum Gasteiger partial charge on any atom is -0.465 e. The molecule has 2 fully saturated rings. The number of amides is 2. The lowest BCUT2D eigenvalue weighted by Gasteiger charge is -2.44. The number of carbonyl (C=O) groups is 3. The van der Waals surface area contributed by atoms with E-state index in [4.69, 9.17) is 4.74 Å². The molecule has 4 rings (SSSR count). The number of ether oxygens (including phenoxy) is 1. The van der Waals surface area contributed by atoms with Gasteiger partial charge in [0.2, 0.25) is 11.8 Å². The number of thioether (sulfide) groups is 1. The van der Waals surface area contributed by atoms with E-state index in [9.17, 15) is 19.5 Å². The van der Waals surface area contributed by atoms with Crippen molar-refractivity contribution in [2.45, 2.75) is 81.9 Å². The first-order valence-electron chi connectivity index (χ1n) is 12.8. The Morgan fingerprint density at radius 2 is 1.86 bits per heavy atom. The van der Waals surface area contributed by atoms with Crippen molar-refractivity contribution < 1.29 is 24.2 Å². The zero-order valence-corrected chi connectivity index (χ0v) is 22.5. The SMILES string of the molecule is CC(C)(C)CC(C)(C)N1CC=C[C@]23S[C@H]4C=CCCOC(=O)[C@H]4[C@H]2C(=O)N(CCCCO)C3C1=O. The number of esters is 1. The zero-order valence-electron chi connectivity index (χ0n) is 21.7. The molecule has 4 aliphatic rings. The van der Waals surface area contributed by atoms with Crippen LogP contribution in [0.1, 0.15) is 60.3 Å². The summed E-state index contributed by atoms with van der Waals surface area (Å²) in [4.78, 5) is 45.2. The maximum Gasteiger partial charge on any atom is 0.311 e. The molecule has 1 spiro atoms. The van der Waals surface area contributed by atoms with Crippen molar-refractivity contribution in [3.8, 4) is 0 Å². The van der Waals surface area contributed by atoms with Crippen molar-refractivity contribution in [1.82, 2.24) is 9.80 Å². The lowest BCUT2D eigenvalue weighted by Crippen LogP contribution is -2.58. The van der Waals surface area contributed by atoms with Gasteiger partial charge >= 0.3 is 5.97 Å². The highest BCUT2D eigenvalue weighted by atomic mass is 32.2. The van der Waals surface area contributed by atoms with Gasteiger partial charge in [0.15, 0.2) is 0 Å². The Hall–Kier alpha value is -1.80. The van der Waals surface area contributed by atoms with Crippen LogP contribution in [-0.4, -0.2) is 80.6 Å². The van der Waals surface area contributed by atoms with Gasteiger partial charge in [-0.25, -0.2) is 0 Å². The van der Waals surface area contributed by atoms with E-state index in [1.807, 2.05) is 29.2 Å². The molecule has 1 N–H and O–H groups in total. The number of nitrogens with zero attached hydrogens (tertiary/aromatic N) is 2. The molecule has 0 bridgehead atoms. The van der Waals surface area contributed by atoms with E-state index in [2.05, 4.69) is 34.6 Å². The summed E-state index contributed by atoms with van der Waals surface area (Å²) < 4.78 is 4.71. The first-order valence-corrected chi connectivity index (χ1v) is 13.7. The van der Waals surface area contributed by atoms with Crippen molar-refractivity contribution >= 4 is 29.5 Å². The van der Waals surface area contributed by atoms with Crippen LogP contribution in [0.3, 0.4) is 0 Å². The zero-order chi connectivity index (χ0) is 25.6. The molecular formula is C27H40N2O5S. The van der Waals surface area contributed by atoms with Gasteiger partial charge in [0.05, 0.1) is 23.2 Å². The van der Waals surface area contributed by atoms with Gasteiger partial charge in [-0.3, -0.25) is 14.4 Å². The molecule has 2 amide bonds. The van der Waals surface area contributed by atoms with Crippen LogP contribution >= 0.6 is 11.8 Å². The summed E-state index contributed by atoms with van der Waals surface area (Å²) in [5.41, 5.74) is -0.388. The Balaban J connectivity index is 1.78. The summed E-state index contributed by atoms with van der Waals surface area (Å²) >= 11 is 1.58. The van der Waals surface area contributed by atoms with Crippen LogP contribution < -0.4 is 0 Å². The van der Waals surface area contributed by atoms with Crippen LogP contribution in [-0.2, 0) is 19.1 Å². The number of aliphatic hydroxyl groups excluding tert-OH is 1. The van der Waals surface area contributed by atoms with E-state index in [0.717, 1.165) is 6.42 Å². The minimum atomic E-state index is -0.816. The van der Waals surface area contributed by atoms with Crippen LogP contribution in [0.25, 0.3) is 0 Å². The number of fused-ring (bicyclic) bond motifs is 2. The van der Waals surface area contributed by atoms with Gasteiger partial charge in [-0.2, -0.15) is 0 Å². The van der Waals surface area contributed by atoms with Crippen LogP contribution in [0.2, 0.25) is 0 Å². The molecule has 2 saturated heterocycles. The van der Waals surface area contributed by atoms with Crippen LogP contribution in [0.5, 0.6) is 0 Å². The van der Waals surface area contributed by atoms with E-state index in [1.54, 1.807) is 16.7 Å². The van der Waals surface area contributed by atoms with E-state index < -0.39 is 28.2 Å². The molecule has 0 aliphatic carbocycles. The van der Waals surface area contributed by atoms with E-state index in [0.29, 0.717) is 39.0 Å². The number of rotatable bonds is 6. The molecule has 4 heterocycles. The van der Waals surface area contributed by atoms with Crippen molar-refractivity contribution in [3.05, 3.63) is 24.3 Å². The molecule has 0 saturated carbocycles. The Morgan fingerprint density at radius 1 is 1.11 bits per heavy atom. The van der Waals surface area contributed by atoms with Gasteiger partial charge in [-0.15, -0.1) is 11.8 Å². The standard InChI is InChI=1S/C27H40N2O5S/c1-25(2,3)17-26(4,5)29-14-10-12-27-20(19-18(35-27)11-6-9-16-34-24(19)33)22(31)28(13-7-8-15-30)21(27)23(29)32/h6,10-12,18-21,30H,7-9,13-17H2,1-5H3/t18-,19+,20-,21?,27-/m0/s1. The average Bonchev–Trinajstić information content (AvgIpc) is 3.10. The van der Waals surface area contributed by atoms with Crippen LogP contribution in [0, 0.1) is 17.3 Å². The first-order chi connectivity index (χ1) is 16.4. The monoisotopic (exact) mass is 504 g/mol. The maximum atomic E-state index is 14.4. The maximum absolute atomic E-state index is 14.4. The molecule has 0 aromatic rings. The van der Waals surface area contributed by atoms with Gasteiger partial charge < -0.3 is 19.6 Å². The van der Waals surface area contributed by atoms with Gasteiger partial charge in [0.25, 0.3) is 0 Å². The Kier molecular flexibility index (Phi) is 7.19. The average molecular weight is 505 g/mol. The van der Waals surface area contributed by atoms with Gasteiger partial charge in [0.1, 0.15) is 6.04 Å². The third kappa shape index (κ3) is 4.68. The van der Waals surface area contributed by atoms with E-state index in [-0.39, 0.29) is 35.1 Å². The third-order valence-corrected chi connectivity index (χ3v) is 9.37. The second-order valence-electron chi connectivity index (χ2n) is 12.1. The Labute approximate surface area is 213 Å². The fraction of sp³-hybridized carbons (Fsp3) is 0.741. The summed E-state index contributed by atoms with van der Waals surface area (Å²) in [6, 6.07) is -0.684. The van der Waals surface area contributed by atoms with Crippen molar-refractivity contribution in [2.24, 2.45) is 17.3 Å². The quantitative estimate of drug-likeness (QED) is 0.340. The van der Waals surface area contributed by atoms with E-state index >= 15 is 0 Å². The predicted molar refractivity (Wildman–Crippen MR) is 137 cm³/mol. The van der Waals surface area contributed by atoms with Crippen LogP contribution in [0.4, 0.5) is 0 Å². The Bertz CT molecular complexity index is 923. The lowest BCUT2D eigenvalue weighted by atomic mass is 9.78. The van der Waals surface area contributed by atoms with E-state index in [1.165, 1.54) is 0 Å². The molecule has 0 aromatic carbocycles. The summed E-state index contributed by atoms with van der Waals surface area (Å²) in [7, 11) is 0. The smallest absolute Gasteiger partial charge is 0.311 e. The van der Waals surface area contributed by atoms with Crippen molar-refractivity contribution in [1.29, 1.82) is 0 Å². The van der Waals surface area contributed by atoms with Gasteiger partial charge in [-0.05, 0) is 44.9 Å². The number of carbonyl (C=O) groups excluding carboxylic acids is 3. The first kappa shape index (κ1) is 26.3. The number of unbranched alkanes of at least 4 members (excludes halogenated alkanes) is 1. The molecule has 8 heteroatoms. The second kappa shape index (κ2) is 9.58. The summed E-state index contributed by atoms with van der Waals surface area (Å²) in [5.74, 6) is -1.79. The third-order valence-electron chi connectivity index (χ3n) is 7.62. The topological polar surface area (TPSA) is 87.2 Å². The molecule has 0 radical (unpaired) electrons. The summed E-state index contributed by atoms with van der Waals surface area (Å²) in [6.45, 7) is 11.9. The molecule has 1 unspecified atom stereocenters. The fourth-order valence-electron chi connectivity index (χ4n) is 6.68. The second-order valence-corrected chi connectivity index (χ2v) is 13.6. The molecule has 0 aromatic heterocycles. The highest BCUT2D eigenvalue weighted by Gasteiger charge is 2.71. The van der Waals surface area contributed by atoms with Crippen molar-refractivity contribution in [2.75, 3.05) is 26.3 Å². The lowest BCUT2D eigenvalue weighted by molar-refractivity contribution is -0.153. The highest BCUT2D eigenvalue weighted by molar-refractivity contribution is 8.02. The summed E-state index contributed by atoms with van der Waals surface area (Å²) in [6.07, 6.45) is 10.8. The predicted octanol–water partition coefficient (Wildman–Crippen LogP) is 3.17. The number of likely N-dealkylation sites (tertiary alicyclic amines) is 1. The molecule has 7 nitrogen and oxygen atoms in total. The number of hydrogen-bond acceptors (Lipinski definition) is 6. The largest absolute Gasteiger partial charge is 0.465 e. The number of cyclic esters (lactones) is 1. The fourth-order valence-corrected chi connectivity index (χ4v) is 8.68. The number of aliphatic hydroxyl groups is 1. The van der Waals surface area contributed by atoms with Gasteiger partial charge in [-0.1, -0.05) is 45.1 Å². The van der Waals surface area contributed by atoms with Gasteiger partial charge in [0, 0.05) is 30.5 Å². The number of hydrogen-bond donors (Lipinski definition) is 1. The molecule has 194 valence electrons. The van der Waals surface area contributed by atoms with Crippen molar-refractivity contribution in [3.63, 3.8) is 0 Å². The Morgan fingerprint density at radius 3 is 2.54 bits per heavy atom. The van der Waals surface area contributed by atoms with Crippen LogP contribution in [0.15, 0.2) is 24.3 Å².